The molecule has 17 nitrogen and oxygen atoms in total. The number of carbonyl (C=O) groups is 5. The smallest absolute Gasteiger partial charge is 0.471 e. The van der Waals surface area contributed by atoms with Crippen LogP contribution in [0, 0.1) is 0 Å². The number of carboxylic acids is 3. The number of nitrogens with two attached hydrogens (primary N) is 1. The van der Waals surface area contributed by atoms with Crippen LogP contribution in [-0.2, 0) is 22.7 Å². The monoisotopic (exact) mass is 1020 g/mol. The lowest BCUT2D eigenvalue weighted by atomic mass is 10.2. The van der Waals surface area contributed by atoms with Gasteiger partial charge in [0.2, 0.25) is 12.4 Å². The van der Waals surface area contributed by atoms with Gasteiger partial charge in [0.25, 0.3) is 0 Å². The third-order valence-electron chi connectivity index (χ3n) is 6.09. The van der Waals surface area contributed by atoms with E-state index in [1.165, 1.54) is 41.4 Å². The van der Waals surface area contributed by atoms with E-state index < -0.39 is 47.8 Å². The zero-order valence-corrected chi connectivity index (χ0v) is 33.9. The summed E-state index contributed by atoms with van der Waals surface area (Å²) in [6, 6.07) is 3.78. The van der Waals surface area contributed by atoms with E-state index in [9.17, 15) is 60.5 Å². The van der Waals surface area contributed by atoms with E-state index in [-0.39, 0.29) is 88.2 Å². The number of halogens is 9. The lowest BCUT2D eigenvalue weighted by molar-refractivity contribution is -0.697. The molecule has 0 saturated carbocycles. The summed E-state index contributed by atoms with van der Waals surface area (Å²) in [5.41, 5.74) is 4.83. The number of aromatic hydroxyl groups is 3. The van der Waals surface area contributed by atoms with Crippen LogP contribution in [0.25, 0.3) is 0 Å². The van der Waals surface area contributed by atoms with Gasteiger partial charge < -0.3 is 81.0 Å². The third-order valence-corrected chi connectivity index (χ3v) is 6.66. The molecule has 0 fully saturated rings. The standard InChI is InChI=1S/C11H11F3N2O4.C9H12N2O3.C6H5NO3.C5H7BrF3NO.2BrH/c12-11(13,14)10(20)15-3-1-4-16-5-2-7(9(18)19)8(17)6-16;10-3-1-4-11-5-2-7(9(13)14)8(12)6-11;8-5-3-7-2-1-4(5)6(9)10;6-2-1-3-10-4(11)5(7,8)9;;/h2,5-6H,1,3-4H2,(H2-,15,17,18,19,20);2,5-6H,1,3-4,10H2,(H-,12,13,14);1-3,8H,(H,9,10);1-3H2,(H,10,11);2*1H. The molecule has 57 heavy (non-hydrogen) atoms. The molecule has 0 aromatic carbocycles. The van der Waals surface area contributed by atoms with Crippen molar-refractivity contribution in [2.45, 2.75) is 44.7 Å². The van der Waals surface area contributed by atoms with Gasteiger partial charge >= 0.3 is 42.1 Å². The Bertz CT molecular complexity index is 1740. The van der Waals surface area contributed by atoms with Crippen LogP contribution in [0.4, 0.5) is 26.3 Å². The highest BCUT2D eigenvalue weighted by Gasteiger charge is 2.38. The summed E-state index contributed by atoms with van der Waals surface area (Å²) >= 11 is 3.02. The number of aromatic nitrogens is 3. The van der Waals surface area contributed by atoms with Crippen LogP contribution in [0.3, 0.4) is 0 Å². The normalized spacial score (nSPS) is 10.2. The first-order chi connectivity index (χ1) is 25.6. The van der Waals surface area contributed by atoms with Crippen molar-refractivity contribution in [2.75, 3.05) is 25.0 Å². The predicted octanol–water partition coefficient (Wildman–Crippen LogP) is -3.88. The summed E-state index contributed by atoms with van der Waals surface area (Å²) in [4.78, 5) is 55.5. The highest BCUT2D eigenvalue weighted by atomic mass is 79.9. The molecule has 3 aromatic rings. The number of carbonyl (C=O) groups excluding carboxylic acids is 2. The Hall–Kier alpha value is -4.82. The topological polar surface area (TPSA) is 277 Å². The van der Waals surface area contributed by atoms with Crippen molar-refractivity contribution in [1.29, 1.82) is 0 Å². The molecule has 320 valence electrons. The van der Waals surface area contributed by atoms with Crippen LogP contribution in [0.15, 0.2) is 55.4 Å². The van der Waals surface area contributed by atoms with E-state index in [0.29, 0.717) is 24.8 Å². The van der Waals surface area contributed by atoms with Crippen molar-refractivity contribution in [3.05, 3.63) is 72.1 Å². The number of rotatable bonds is 13. The van der Waals surface area contributed by atoms with Gasteiger partial charge in [0.15, 0.2) is 23.9 Å². The molecule has 0 aliphatic carbocycles. The Balaban J connectivity index is -0.000000700. The van der Waals surface area contributed by atoms with E-state index >= 15 is 0 Å². The number of alkyl halides is 7. The van der Waals surface area contributed by atoms with Crippen molar-refractivity contribution in [2.24, 2.45) is 5.73 Å². The average molecular weight is 1020 g/mol. The molecule has 2 amide bonds. The fourth-order valence-corrected chi connectivity index (χ4v) is 3.74. The fourth-order valence-electron chi connectivity index (χ4n) is 3.46. The third kappa shape index (κ3) is 23.8. The summed E-state index contributed by atoms with van der Waals surface area (Å²) in [5, 5.41) is 57.3. The lowest BCUT2D eigenvalue weighted by Crippen LogP contribution is -3.00. The Kier molecular flexibility index (Phi) is 28.3. The molecule has 0 bridgehead atoms. The molecule has 3 rings (SSSR count). The molecule has 3 aromatic heterocycles. The molecular formula is C31H37Br3F6N6O11. The van der Waals surface area contributed by atoms with Crippen LogP contribution in [-0.4, -0.2) is 103 Å². The van der Waals surface area contributed by atoms with Gasteiger partial charge in [-0.25, -0.2) is 23.5 Å². The quantitative estimate of drug-likeness (QED) is 0.0344. The average Bonchev–Trinajstić information content (AvgIpc) is 3.09. The molecule has 26 heteroatoms. The summed E-state index contributed by atoms with van der Waals surface area (Å²) < 4.78 is 73.1. The molecule has 0 saturated heterocycles. The van der Waals surface area contributed by atoms with Crippen LogP contribution in [0.1, 0.15) is 50.3 Å². The molecule has 3 heterocycles. The number of amides is 2. The molecule has 0 radical (unpaired) electrons. The number of nitrogens with one attached hydrogen (secondary N) is 2. The maximum atomic E-state index is 11.9. The molecule has 0 unspecified atom stereocenters. The van der Waals surface area contributed by atoms with Gasteiger partial charge in [-0.3, -0.25) is 14.6 Å². The number of carboxylic acid groups (broad SMARTS) is 3. The van der Waals surface area contributed by atoms with Crippen LogP contribution >= 0.6 is 15.9 Å². The van der Waals surface area contributed by atoms with Crippen molar-refractivity contribution in [3.8, 4) is 17.2 Å². The Morgan fingerprint density at radius 3 is 1.37 bits per heavy atom. The number of hydrogen-bond acceptors (Lipinski definition) is 10. The maximum absolute atomic E-state index is 11.9. The Morgan fingerprint density at radius 2 is 1.05 bits per heavy atom. The van der Waals surface area contributed by atoms with Gasteiger partial charge in [0.1, 0.15) is 35.5 Å². The number of aryl methyl sites for hydroxylation is 2. The lowest BCUT2D eigenvalue weighted by Gasteiger charge is -2.06. The SMILES string of the molecule is NCCC[n+]1ccc(C(=O)O)c(O)c1.O=C(NCCCBr)C(F)(F)F.O=C(O)c1cc[n+](CCCNC(=O)C(F)(F)F)cc1O.O=C(O)c1ccncc1O.[Br-].[Br-]. The van der Waals surface area contributed by atoms with Gasteiger partial charge in [-0.1, -0.05) is 15.9 Å². The second-order valence-electron chi connectivity index (χ2n) is 10.3. The van der Waals surface area contributed by atoms with Gasteiger partial charge in [-0.2, -0.15) is 26.3 Å². The Labute approximate surface area is 348 Å². The second-order valence-corrected chi connectivity index (χ2v) is 11.1. The van der Waals surface area contributed by atoms with E-state index in [1.54, 1.807) is 21.4 Å². The molecule has 0 atom stereocenters. The minimum absolute atomic E-state index is 0. The second kappa shape index (κ2) is 28.6. The van der Waals surface area contributed by atoms with E-state index in [4.69, 9.17) is 26.2 Å². The van der Waals surface area contributed by atoms with E-state index in [1.807, 2.05) is 0 Å². The van der Waals surface area contributed by atoms with Crippen LogP contribution < -0.4 is 59.5 Å². The summed E-state index contributed by atoms with van der Waals surface area (Å²) in [7, 11) is 0. The molecule has 0 aliphatic heterocycles. The molecule has 0 aliphatic rings. The molecular weight excluding hydrogens is 986 g/mol. The molecule has 10 N–H and O–H groups in total. The minimum Gasteiger partial charge on any atom is -1.00 e. The summed E-state index contributed by atoms with van der Waals surface area (Å²) in [6.45, 7) is 1.31. The summed E-state index contributed by atoms with van der Waals surface area (Å²) in [5.74, 6) is -8.43. The van der Waals surface area contributed by atoms with Crippen molar-refractivity contribution < 1.29 is 124 Å². The first-order valence-electron chi connectivity index (χ1n) is 15.3. The van der Waals surface area contributed by atoms with Crippen LogP contribution in [0.5, 0.6) is 17.2 Å². The van der Waals surface area contributed by atoms with E-state index in [2.05, 4.69) is 20.9 Å². The number of aromatic carboxylic acids is 3. The number of pyridine rings is 3. The summed E-state index contributed by atoms with van der Waals surface area (Å²) in [6.07, 6.45) is -0.286. The highest BCUT2D eigenvalue weighted by molar-refractivity contribution is 9.09. The van der Waals surface area contributed by atoms with Crippen molar-refractivity contribution >= 4 is 45.7 Å². The van der Waals surface area contributed by atoms with Crippen LogP contribution in [0.2, 0.25) is 0 Å². The number of nitrogens with zero attached hydrogens (tertiary/aromatic N) is 3. The largest absolute Gasteiger partial charge is 1.00 e. The van der Waals surface area contributed by atoms with Gasteiger partial charge in [-0.05, 0) is 19.0 Å². The van der Waals surface area contributed by atoms with Gasteiger partial charge in [-0.15, -0.1) is 0 Å². The highest BCUT2D eigenvalue weighted by Crippen LogP contribution is 2.16. The molecule has 0 spiro atoms. The van der Waals surface area contributed by atoms with Crippen molar-refractivity contribution in [3.63, 3.8) is 0 Å². The number of hydrogen-bond donors (Lipinski definition) is 9. The predicted molar refractivity (Wildman–Crippen MR) is 178 cm³/mol. The zero-order valence-electron chi connectivity index (χ0n) is 29.1. The van der Waals surface area contributed by atoms with Gasteiger partial charge in [0.05, 0.1) is 6.20 Å². The zero-order chi connectivity index (χ0) is 42.4. The minimum atomic E-state index is -4.91. The Morgan fingerprint density at radius 1 is 0.667 bits per heavy atom. The maximum Gasteiger partial charge on any atom is 0.471 e. The van der Waals surface area contributed by atoms with Crippen molar-refractivity contribution in [1.82, 2.24) is 15.6 Å². The fraction of sp³-hybridized carbons (Fsp3) is 0.355. The first-order valence-corrected chi connectivity index (χ1v) is 16.4. The first kappa shape index (κ1) is 56.5. The van der Waals surface area contributed by atoms with E-state index in [0.717, 1.165) is 18.8 Å². The van der Waals surface area contributed by atoms with Gasteiger partial charge in [0, 0.05) is 49.6 Å².